The second-order valence-electron chi connectivity index (χ2n) is 17.2. The molecular formula is C50H87NO13. The molecule has 2 aliphatic heterocycles. The number of rotatable bonds is 36. The summed E-state index contributed by atoms with van der Waals surface area (Å²) in [6.45, 7) is 2.62. The first-order chi connectivity index (χ1) is 31.1. The lowest BCUT2D eigenvalue weighted by Gasteiger charge is -2.46. The molecule has 0 radical (unpaired) electrons. The second kappa shape index (κ2) is 36.8. The molecule has 0 aromatic rings. The van der Waals surface area contributed by atoms with E-state index < -0.39 is 86.8 Å². The quantitative estimate of drug-likeness (QED) is 0.0265. The van der Waals surface area contributed by atoms with Crippen molar-refractivity contribution in [3.63, 3.8) is 0 Å². The van der Waals surface area contributed by atoms with Crippen molar-refractivity contribution in [1.29, 1.82) is 0 Å². The third kappa shape index (κ3) is 23.9. The molecule has 0 aromatic carbocycles. The minimum absolute atomic E-state index is 0.226. The summed E-state index contributed by atoms with van der Waals surface area (Å²) in [7, 11) is 0. The lowest BCUT2D eigenvalue weighted by molar-refractivity contribution is -0.359. The maximum absolute atomic E-state index is 13.1. The van der Waals surface area contributed by atoms with Crippen LogP contribution < -0.4 is 5.32 Å². The Bertz CT molecular complexity index is 1310. The number of hydrogen-bond donors (Lipinski definition) is 9. The van der Waals surface area contributed by atoms with Crippen molar-refractivity contribution in [2.75, 3.05) is 19.8 Å². The monoisotopic (exact) mass is 910 g/mol. The van der Waals surface area contributed by atoms with Crippen molar-refractivity contribution in [2.45, 2.75) is 229 Å². The van der Waals surface area contributed by atoms with Gasteiger partial charge in [-0.1, -0.05) is 152 Å². The summed E-state index contributed by atoms with van der Waals surface area (Å²) in [6.07, 6.45) is 26.9. The normalized spacial score (nSPS) is 27.8. The highest BCUT2D eigenvalue weighted by Crippen LogP contribution is 2.30. The van der Waals surface area contributed by atoms with Gasteiger partial charge in [0.2, 0.25) is 5.91 Å². The summed E-state index contributed by atoms with van der Waals surface area (Å²) in [5.41, 5.74) is 0. The van der Waals surface area contributed by atoms with Crippen LogP contribution in [-0.4, -0.2) is 140 Å². The lowest BCUT2D eigenvalue weighted by atomic mass is 9.97. The molecule has 2 rings (SSSR count). The van der Waals surface area contributed by atoms with Gasteiger partial charge in [-0.15, -0.1) is 0 Å². The van der Waals surface area contributed by atoms with E-state index in [0.29, 0.717) is 6.42 Å². The van der Waals surface area contributed by atoms with Crippen LogP contribution in [0.2, 0.25) is 0 Å². The molecule has 2 aliphatic rings. The Morgan fingerprint density at radius 3 is 1.66 bits per heavy atom. The number of amides is 1. The van der Waals surface area contributed by atoms with Gasteiger partial charge in [-0.2, -0.15) is 0 Å². The molecule has 1 amide bonds. The Kier molecular flexibility index (Phi) is 33.2. The molecule has 0 aliphatic carbocycles. The molecular weight excluding hydrogens is 823 g/mol. The number of unbranched alkanes of at least 4 members (excludes halogenated alkanes) is 15. The first-order valence-electron chi connectivity index (χ1n) is 24.5. The van der Waals surface area contributed by atoms with Gasteiger partial charge in [-0.3, -0.25) is 4.79 Å². The molecule has 370 valence electrons. The topological polar surface area (TPSA) is 228 Å². The van der Waals surface area contributed by atoms with E-state index in [1.54, 1.807) is 6.08 Å². The van der Waals surface area contributed by atoms with E-state index in [-0.39, 0.29) is 18.9 Å². The van der Waals surface area contributed by atoms with E-state index in [1.165, 1.54) is 70.6 Å². The Morgan fingerprint density at radius 1 is 0.578 bits per heavy atom. The van der Waals surface area contributed by atoms with Gasteiger partial charge in [-0.05, 0) is 57.8 Å². The zero-order chi connectivity index (χ0) is 46.8. The molecule has 0 aromatic heterocycles. The van der Waals surface area contributed by atoms with E-state index in [1.807, 2.05) is 6.08 Å². The molecule has 0 bridgehead atoms. The Balaban J connectivity index is 1.90. The highest BCUT2D eigenvalue weighted by Gasteiger charge is 2.51. The predicted molar refractivity (Wildman–Crippen MR) is 249 cm³/mol. The van der Waals surface area contributed by atoms with E-state index in [4.69, 9.17) is 18.9 Å². The summed E-state index contributed by atoms with van der Waals surface area (Å²) in [6, 6.07) is -0.937. The highest BCUT2D eigenvalue weighted by molar-refractivity contribution is 5.76. The first-order valence-corrected chi connectivity index (χ1v) is 24.5. The van der Waals surface area contributed by atoms with Crippen molar-refractivity contribution in [1.82, 2.24) is 5.32 Å². The molecule has 14 nitrogen and oxygen atoms in total. The molecule has 0 spiro atoms. The average molecular weight is 910 g/mol. The minimum Gasteiger partial charge on any atom is -0.394 e. The average Bonchev–Trinajstić information content (AvgIpc) is 3.29. The number of ether oxygens (including phenoxy) is 4. The Hall–Kier alpha value is -2.31. The maximum Gasteiger partial charge on any atom is 0.220 e. The summed E-state index contributed by atoms with van der Waals surface area (Å²) in [5.74, 6) is -0.283. The number of carbonyl (C=O) groups is 1. The molecule has 2 heterocycles. The highest BCUT2D eigenvalue weighted by atomic mass is 16.7. The molecule has 14 heteroatoms. The Morgan fingerprint density at radius 2 is 1.08 bits per heavy atom. The van der Waals surface area contributed by atoms with Gasteiger partial charge in [0.25, 0.3) is 0 Å². The van der Waals surface area contributed by atoms with Crippen LogP contribution in [0.5, 0.6) is 0 Å². The summed E-state index contributed by atoms with van der Waals surface area (Å²) < 4.78 is 22.6. The van der Waals surface area contributed by atoms with Gasteiger partial charge in [0, 0.05) is 6.42 Å². The molecule has 64 heavy (non-hydrogen) atoms. The molecule has 12 unspecified atom stereocenters. The van der Waals surface area contributed by atoms with Gasteiger partial charge < -0.3 is 65.1 Å². The number of aliphatic hydroxyl groups excluding tert-OH is 8. The van der Waals surface area contributed by atoms with Crippen LogP contribution in [0.3, 0.4) is 0 Å². The number of hydrogen-bond acceptors (Lipinski definition) is 13. The van der Waals surface area contributed by atoms with Gasteiger partial charge in [-0.25, -0.2) is 0 Å². The number of aliphatic hydroxyl groups is 8. The van der Waals surface area contributed by atoms with Crippen molar-refractivity contribution in [2.24, 2.45) is 0 Å². The number of carbonyl (C=O) groups excluding carboxylic acids is 1. The number of nitrogens with one attached hydrogen (secondary N) is 1. The molecule has 2 saturated heterocycles. The van der Waals surface area contributed by atoms with Crippen LogP contribution in [0.4, 0.5) is 0 Å². The molecule has 9 N–H and O–H groups in total. The van der Waals surface area contributed by atoms with Gasteiger partial charge in [0.15, 0.2) is 12.6 Å². The van der Waals surface area contributed by atoms with Crippen LogP contribution in [0.25, 0.3) is 0 Å². The molecule has 0 saturated carbocycles. The van der Waals surface area contributed by atoms with Crippen LogP contribution in [0.15, 0.2) is 60.8 Å². The van der Waals surface area contributed by atoms with Crippen LogP contribution in [0.1, 0.15) is 155 Å². The fourth-order valence-electron chi connectivity index (χ4n) is 7.69. The van der Waals surface area contributed by atoms with E-state index in [9.17, 15) is 45.6 Å². The number of allylic oxidation sites excluding steroid dienone is 9. The minimum atomic E-state index is -1.79. The van der Waals surface area contributed by atoms with Crippen molar-refractivity contribution < 1.29 is 64.6 Å². The lowest BCUT2D eigenvalue weighted by Crippen LogP contribution is -2.65. The summed E-state index contributed by atoms with van der Waals surface area (Å²) in [4.78, 5) is 13.1. The van der Waals surface area contributed by atoms with E-state index in [2.05, 4.69) is 67.8 Å². The standard InChI is InChI=1S/C50H87NO13/c1-3-5-7-9-11-13-15-17-19-21-23-25-27-29-31-33-39(54)38(51-42(55)34-32-30-28-26-24-22-20-18-16-14-12-10-8-6-4-2)37-61-49-47(60)45(58)48(41(36-53)63-49)64-50-46(59)44(57)43(56)40(35-52)62-50/h6,8,12,14,18,20,24,26,31,33,38-41,43-50,52-54,56-60H,3-5,7,9-11,13,15-17,19,21-23,25,27-30,32,34-37H2,1-2H3,(H,51,55)/b8-6-,14-12-,20-18-,26-24-,33-31+. The smallest absolute Gasteiger partial charge is 0.220 e. The predicted octanol–water partition coefficient (Wildman–Crippen LogP) is 5.88. The molecule has 2 fully saturated rings. The van der Waals surface area contributed by atoms with Crippen molar-refractivity contribution >= 4 is 5.91 Å². The van der Waals surface area contributed by atoms with E-state index >= 15 is 0 Å². The van der Waals surface area contributed by atoms with Crippen LogP contribution in [0, 0.1) is 0 Å². The SMILES string of the molecule is CC/C=C\C/C=C\C/C=C\C/C=C\CCCCC(=O)NC(COC1OC(CO)C(OC2OC(CO)C(O)C(O)C2O)C(O)C1O)C(O)/C=C/CCCCCCCCCCCCCCC. The largest absolute Gasteiger partial charge is 0.394 e. The second-order valence-corrected chi connectivity index (χ2v) is 17.2. The maximum atomic E-state index is 13.1. The van der Waals surface area contributed by atoms with Crippen molar-refractivity contribution in [3.05, 3.63) is 60.8 Å². The molecule has 12 atom stereocenters. The third-order valence-electron chi connectivity index (χ3n) is 11.7. The summed E-state index contributed by atoms with van der Waals surface area (Å²) in [5, 5.41) is 86.6. The Labute approximate surface area is 384 Å². The van der Waals surface area contributed by atoms with E-state index in [0.717, 1.165) is 57.8 Å². The van der Waals surface area contributed by atoms with Gasteiger partial charge in [0.05, 0.1) is 32.0 Å². The third-order valence-corrected chi connectivity index (χ3v) is 11.7. The zero-order valence-corrected chi connectivity index (χ0v) is 39.0. The van der Waals surface area contributed by atoms with Crippen LogP contribution in [-0.2, 0) is 23.7 Å². The fourth-order valence-corrected chi connectivity index (χ4v) is 7.69. The van der Waals surface area contributed by atoms with Crippen LogP contribution >= 0.6 is 0 Å². The van der Waals surface area contributed by atoms with Crippen molar-refractivity contribution in [3.8, 4) is 0 Å². The fraction of sp³-hybridized carbons (Fsp3) is 0.780. The van der Waals surface area contributed by atoms with Gasteiger partial charge >= 0.3 is 0 Å². The summed E-state index contributed by atoms with van der Waals surface area (Å²) >= 11 is 0. The zero-order valence-electron chi connectivity index (χ0n) is 39.0. The van der Waals surface area contributed by atoms with Gasteiger partial charge in [0.1, 0.15) is 48.8 Å². The first kappa shape index (κ1) is 57.8.